The van der Waals surface area contributed by atoms with Gasteiger partial charge in [-0.2, -0.15) is 0 Å². The van der Waals surface area contributed by atoms with Crippen LogP contribution in [-0.4, -0.2) is 89.5 Å². The molecule has 2 aliphatic rings. The summed E-state index contributed by atoms with van der Waals surface area (Å²) in [6.45, 7) is 5.12. The van der Waals surface area contributed by atoms with Crippen LogP contribution in [0.15, 0.2) is 42.5 Å². The Morgan fingerprint density at radius 1 is 1.20 bits per heavy atom. The summed E-state index contributed by atoms with van der Waals surface area (Å²) >= 11 is 0. The number of anilines is 2. The highest BCUT2D eigenvalue weighted by atomic mass is 16.5. The lowest BCUT2D eigenvalue weighted by Gasteiger charge is -2.37. The van der Waals surface area contributed by atoms with Crippen LogP contribution >= 0.6 is 0 Å². The van der Waals surface area contributed by atoms with Gasteiger partial charge in [-0.1, -0.05) is 12.1 Å². The summed E-state index contributed by atoms with van der Waals surface area (Å²) in [6, 6.07) is 6.31. The van der Waals surface area contributed by atoms with Crippen molar-refractivity contribution in [3.63, 3.8) is 0 Å². The molecule has 5 rings (SSSR count). The molecule has 2 aromatic heterocycles. The molecule has 0 aliphatic carbocycles. The molecule has 2 saturated heterocycles. The molecule has 2 aliphatic heterocycles. The van der Waals surface area contributed by atoms with Crippen molar-refractivity contribution in [3.05, 3.63) is 48.1 Å². The normalized spacial score (nSPS) is 19.1. The molecule has 2 fully saturated rings. The highest BCUT2D eigenvalue weighted by Crippen LogP contribution is 2.34. The van der Waals surface area contributed by atoms with Crippen LogP contribution in [0.25, 0.3) is 22.2 Å². The topological polar surface area (TPSA) is 134 Å². The third kappa shape index (κ3) is 5.66. The van der Waals surface area contributed by atoms with E-state index < -0.39 is 0 Å². The second-order valence-electron chi connectivity index (χ2n) is 10.6. The molecule has 40 heavy (non-hydrogen) atoms. The lowest BCUT2D eigenvalue weighted by molar-refractivity contribution is -0.121. The van der Waals surface area contributed by atoms with Gasteiger partial charge in [-0.25, -0.2) is 9.97 Å². The van der Waals surface area contributed by atoms with Crippen molar-refractivity contribution < 1.29 is 9.53 Å². The molecule has 1 amide bonds. The molecule has 0 unspecified atom stereocenters. The van der Waals surface area contributed by atoms with Gasteiger partial charge in [-0.05, 0) is 70.9 Å². The van der Waals surface area contributed by atoms with Crippen LogP contribution in [0.4, 0.5) is 11.6 Å². The van der Waals surface area contributed by atoms with Gasteiger partial charge in [-0.3, -0.25) is 15.1 Å². The first kappa shape index (κ1) is 27.6. The van der Waals surface area contributed by atoms with Crippen LogP contribution in [-0.2, 0) is 9.53 Å². The number of methoxy groups -OCH3 is 1. The maximum absolute atomic E-state index is 13.5. The molecule has 212 valence electrons. The number of H-pyrrole nitrogens is 1. The summed E-state index contributed by atoms with van der Waals surface area (Å²) in [5, 5.41) is 18.2. The monoisotopic (exact) mass is 545 g/mol. The number of benzene rings is 1. The molecule has 3 aromatic rings. The minimum absolute atomic E-state index is 0.0378. The van der Waals surface area contributed by atoms with Gasteiger partial charge in [0.2, 0.25) is 17.8 Å². The molecule has 0 saturated carbocycles. The molecule has 0 radical (unpaired) electrons. The van der Waals surface area contributed by atoms with E-state index in [1.165, 1.54) is 7.11 Å². The average Bonchev–Trinajstić information content (AvgIpc) is 3.62. The van der Waals surface area contributed by atoms with E-state index in [2.05, 4.69) is 42.8 Å². The number of carbonyl (C=O) groups excluding carboxylic acids is 1. The average molecular weight is 546 g/mol. The highest BCUT2D eigenvalue weighted by Gasteiger charge is 2.36. The van der Waals surface area contributed by atoms with Crippen LogP contribution in [0.3, 0.4) is 0 Å². The van der Waals surface area contributed by atoms with E-state index in [1.807, 2.05) is 31.3 Å². The summed E-state index contributed by atoms with van der Waals surface area (Å²) in [5.74, 6) is 0.372. The Bertz CT molecular complexity index is 1410. The van der Waals surface area contributed by atoms with Crippen LogP contribution in [0.2, 0.25) is 0 Å². The Hall–Kier alpha value is -3.96. The van der Waals surface area contributed by atoms with Crippen molar-refractivity contribution in [3.8, 4) is 11.3 Å². The van der Waals surface area contributed by atoms with Crippen LogP contribution in [0.5, 0.6) is 0 Å². The Morgan fingerprint density at radius 3 is 2.75 bits per heavy atom. The zero-order chi connectivity index (χ0) is 28.2. The molecular formula is C29H39N9O2. The second-order valence-corrected chi connectivity index (χ2v) is 10.6. The molecule has 4 heterocycles. The summed E-state index contributed by atoms with van der Waals surface area (Å²) in [4.78, 5) is 30.9. The van der Waals surface area contributed by atoms with Crippen molar-refractivity contribution in [2.75, 3.05) is 51.5 Å². The van der Waals surface area contributed by atoms with E-state index in [0.717, 1.165) is 78.7 Å². The Kier molecular flexibility index (Phi) is 8.32. The standard InChI is InChI=1S/C29H39N9O2/c1-18-15-33-29(35-23(17-31-2)27(30)40-4)36-25(18)21-16-32-26-20(21)7-5-8-22(26)34-28(39)24-9-6-12-38(24)19-10-13-37(3)14-11-19/h5,7-8,15-17,19,24,30-32H,6,9-14H2,1-4H3,(H,34,39)(H,33,35,36)/b23-17+,30-27?/t24-/m1/s1. The number of amides is 1. The number of nitrogens with zero attached hydrogens (tertiary/aromatic N) is 4. The number of nitrogens with one attached hydrogen (secondary N) is 5. The number of rotatable bonds is 8. The zero-order valence-electron chi connectivity index (χ0n) is 23.7. The summed E-state index contributed by atoms with van der Waals surface area (Å²) < 4.78 is 5.06. The van der Waals surface area contributed by atoms with Crippen LogP contribution in [0, 0.1) is 12.3 Å². The van der Waals surface area contributed by atoms with E-state index in [1.54, 1.807) is 19.4 Å². The molecule has 11 nitrogen and oxygen atoms in total. The van der Waals surface area contributed by atoms with Gasteiger partial charge in [0.15, 0.2) is 0 Å². The van der Waals surface area contributed by atoms with Crippen molar-refractivity contribution in [1.29, 1.82) is 5.41 Å². The lowest BCUT2D eigenvalue weighted by Crippen LogP contribution is -2.49. The third-order valence-electron chi connectivity index (χ3n) is 7.94. The fourth-order valence-corrected chi connectivity index (χ4v) is 5.81. The number of likely N-dealkylation sites (tertiary alicyclic amines) is 2. The predicted molar refractivity (Wildman–Crippen MR) is 158 cm³/mol. The third-order valence-corrected chi connectivity index (χ3v) is 7.94. The molecular weight excluding hydrogens is 506 g/mol. The van der Waals surface area contributed by atoms with Gasteiger partial charge in [-0.15, -0.1) is 0 Å². The first-order valence-electron chi connectivity index (χ1n) is 13.9. The number of piperidine rings is 1. The van der Waals surface area contributed by atoms with E-state index in [-0.39, 0.29) is 17.8 Å². The van der Waals surface area contributed by atoms with E-state index >= 15 is 0 Å². The predicted octanol–water partition coefficient (Wildman–Crippen LogP) is 3.53. The number of aromatic amines is 1. The zero-order valence-corrected chi connectivity index (χ0v) is 23.7. The molecule has 11 heteroatoms. The lowest BCUT2D eigenvalue weighted by atomic mass is 10.0. The Labute approximate surface area is 234 Å². The number of hydrogen-bond donors (Lipinski definition) is 5. The van der Waals surface area contributed by atoms with Crippen molar-refractivity contribution in [1.82, 2.24) is 30.1 Å². The SMILES string of the molecule is CN/C=C(/Nc1ncc(C)c(-c2c[nH]c3c(NC(=O)[C@H]4CCCN4C4CCN(C)CC4)cccc23)n1)C(=N)OC. The van der Waals surface area contributed by atoms with Crippen molar-refractivity contribution in [2.45, 2.75) is 44.7 Å². The molecule has 5 N–H and O–H groups in total. The van der Waals surface area contributed by atoms with Gasteiger partial charge in [0.1, 0.15) is 5.70 Å². The molecule has 1 aromatic carbocycles. The smallest absolute Gasteiger partial charge is 0.241 e. The first-order valence-corrected chi connectivity index (χ1v) is 13.9. The Balaban J connectivity index is 1.38. The quantitative estimate of drug-likeness (QED) is 0.214. The van der Waals surface area contributed by atoms with Crippen LogP contribution in [0.1, 0.15) is 31.2 Å². The number of aromatic nitrogens is 3. The number of fused-ring (bicyclic) bond motifs is 1. The molecule has 0 bridgehead atoms. The van der Waals surface area contributed by atoms with Crippen molar-refractivity contribution >= 4 is 34.3 Å². The number of hydrogen-bond acceptors (Lipinski definition) is 9. The van der Waals surface area contributed by atoms with Gasteiger partial charge in [0, 0.05) is 42.6 Å². The summed E-state index contributed by atoms with van der Waals surface area (Å²) in [5.41, 5.74) is 4.60. The molecule has 1 atom stereocenters. The van der Waals surface area contributed by atoms with Gasteiger partial charge < -0.3 is 30.6 Å². The first-order chi connectivity index (χ1) is 19.4. The minimum atomic E-state index is -0.0958. The largest absolute Gasteiger partial charge is 0.480 e. The summed E-state index contributed by atoms with van der Waals surface area (Å²) in [7, 11) is 5.35. The van der Waals surface area contributed by atoms with Crippen LogP contribution < -0.4 is 16.0 Å². The maximum atomic E-state index is 13.5. The second kappa shape index (κ2) is 12.1. The fourth-order valence-electron chi connectivity index (χ4n) is 5.81. The van der Waals surface area contributed by atoms with Gasteiger partial charge in [0.25, 0.3) is 0 Å². The number of aryl methyl sites for hydroxylation is 1. The van der Waals surface area contributed by atoms with Gasteiger partial charge >= 0.3 is 0 Å². The summed E-state index contributed by atoms with van der Waals surface area (Å²) in [6.07, 6.45) is 9.47. The Morgan fingerprint density at radius 2 is 2.00 bits per heavy atom. The van der Waals surface area contributed by atoms with E-state index in [0.29, 0.717) is 17.7 Å². The number of carbonyl (C=O) groups is 1. The van der Waals surface area contributed by atoms with Crippen molar-refractivity contribution in [2.24, 2.45) is 0 Å². The number of para-hydroxylation sites is 1. The molecule has 0 spiro atoms. The maximum Gasteiger partial charge on any atom is 0.241 e. The number of ether oxygens (including phenoxy) is 1. The van der Waals surface area contributed by atoms with E-state index in [4.69, 9.17) is 15.1 Å². The minimum Gasteiger partial charge on any atom is -0.480 e. The van der Waals surface area contributed by atoms with Gasteiger partial charge in [0.05, 0.1) is 30.0 Å². The fraction of sp³-hybridized carbons (Fsp3) is 0.448. The van der Waals surface area contributed by atoms with E-state index in [9.17, 15) is 4.79 Å². The highest BCUT2D eigenvalue weighted by molar-refractivity contribution is 6.07.